The van der Waals surface area contributed by atoms with E-state index in [4.69, 9.17) is 0 Å². The molecule has 164 valence electrons. The second-order valence-corrected chi connectivity index (χ2v) is 10.9. The second-order valence-electron chi connectivity index (χ2n) is 8.76. The van der Waals surface area contributed by atoms with E-state index in [1.165, 1.54) is 45.3 Å². The number of benzene rings is 1. The van der Waals surface area contributed by atoms with Gasteiger partial charge in [0.1, 0.15) is 0 Å². The predicted octanol–water partition coefficient (Wildman–Crippen LogP) is 3.03. The number of rotatable bonds is 8. The van der Waals surface area contributed by atoms with E-state index >= 15 is 0 Å². The van der Waals surface area contributed by atoms with E-state index in [0.29, 0.717) is 12.5 Å². The Balaban J connectivity index is 1.51. The average Bonchev–Trinajstić information content (AvgIpc) is 3.40. The van der Waals surface area contributed by atoms with Gasteiger partial charge in [0.05, 0.1) is 24.2 Å². The predicted molar refractivity (Wildman–Crippen MR) is 119 cm³/mol. The first kappa shape index (κ1) is 21.5. The van der Waals surface area contributed by atoms with Crippen LogP contribution in [0.25, 0.3) is 0 Å². The third kappa shape index (κ3) is 5.13. The van der Waals surface area contributed by atoms with E-state index in [-0.39, 0.29) is 10.9 Å². The van der Waals surface area contributed by atoms with Gasteiger partial charge in [-0.3, -0.25) is 4.90 Å². The summed E-state index contributed by atoms with van der Waals surface area (Å²) in [6, 6.07) is 10.1. The van der Waals surface area contributed by atoms with Crippen molar-refractivity contribution in [2.75, 3.05) is 38.5 Å². The van der Waals surface area contributed by atoms with Gasteiger partial charge in [0.2, 0.25) is 15.0 Å². The monoisotopic (exact) mass is 430 g/mol. The minimum atomic E-state index is -3.37. The SMILES string of the molecule is CCS(=O)(=O)c1ncc(CN2CCC[C@H](CN3CCCC3)C2)n1Cc1ccccc1. The van der Waals surface area contributed by atoms with Crippen molar-refractivity contribution < 1.29 is 8.42 Å². The van der Waals surface area contributed by atoms with E-state index in [9.17, 15) is 8.42 Å². The number of imidazole rings is 1. The summed E-state index contributed by atoms with van der Waals surface area (Å²) < 4.78 is 27.2. The second kappa shape index (κ2) is 9.62. The fraction of sp³-hybridized carbons (Fsp3) is 0.609. The molecule has 2 aromatic rings. The number of nitrogens with zero attached hydrogens (tertiary/aromatic N) is 4. The van der Waals surface area contributed by atoms with Gasteiger partial charge in [-0.1, -0.05) is 37.3 Å². The van der Waals surface area contributed by atoms with Crippen molar-refractivity contribution in [1.82, 2.24) is 19.4 Å². The van der Waals surface area contributed by atoms with Crippen molar-refractivity contribution in [3.8, 4) is 0 Å². The van der Waals surface area contributed by atoms with Crippen molar-refractivity contribution in [2.45, 2.75) is 50.9 Å². The highest BCUT2D eigenvalue weighted by Gasteiger charge is 2.26. The van der Waals surface area contributed by atoms with Crippen molar-refractivity contribution in [3.63, 3.8) is 0 Å². The molecule has 6 nitrogen and oxygen atoms in total. The molecule has 1 aromatic carbocycles. The minimum Gasteiger partial charge on any atom is -0.313 e. The maximum Gasteiger partial charge on any atom is 0.228 e. The van der Waals surface area contributed by atoms with Crippen LogP contribution >= 0.6 is 0 Å². The van der Waals surface area contributed by atoms with E-state index < -0.39 is 9.84 Å². The van der Waals surface area contributed by atoms with E-state index in [0.717, 1.165) is 30.9 Å². The lowest BCUT2D eigenvalue weighted by Gasteiger charge is -2.34. The highest BCUT2D eigenvalue weighted by Crippen LogP contribution is 2.23. The third-order valence-corrected chi connectivity index (χ3v) is 8.09. The maximum absolute atomic E-state index is 12.7. The van der Waals surface area contributed by atoms with Crippen LogP contribution in [0, 0.1) is 5.92 Å². The number of piperidine rings is 1. The number of likely N-dealkylation sites (tertiary alicyclic amines) is 2. The Bertz CT molecular complexity index is 920. The van der Waals surface area contributed by atoms with Crippen LogP contribution < -0.4 is 0 Å². The topological polar surface area (TPSA) is 58.4 Å². The summed E-state index contributed by atoms with van der Waals surface area (Å²) in [7, 11) is -3.37. The van der Waals surface area contributed by atoms with Crippen molar-refractivity contribution in [3.05, 3.63) is 47.8 Å². The van der Waals surface area contributed by atoms with Gasteiger partial charge in [-0.2, -0.15) is 0 Å². The Morgan fingerprint density at radius 3 is 2.47 bits per heavy atom. The zero-order valence-electron chi connectivity index (χ0n) is 18.0. The quantitative estimate of drug-likeness (QED) is 0.644. The minimum absolute atomic E-state index is 0.0693. The summed E-state index contributed by atoms with van der Waals surface area (Å²) in [5, 5.41) is 0.203. The Morgan fingerprint density at radius 2 is 1.73 bits per heavy atom. The molecule has 2 aliphatic heterocycles. The fourth-order valence-corrected chi connectivity index (χ4v) is 5.82. The van der Waals surface area contributed by atoms with E-state index in [1.54, 1.807) is 13.1 Å². The lowest BCUT2D eigenvalue weighted by molar-refractivity contribution is 0.135. The van der Waals surface area contributed by atoms with E-state index in [2.05, 4.69) is 14.8 Å². The van der Waals surface area contributed by atoms with Gasteiger partial charge in [-0.05, 0) is 56.8 Å². The molecule has 30 heavy (non-hydrogen) atoms. The largest absolute Gasteiger partial charge is 0.313 e. The third-order valence-electron chi connectivity index (χ3n) is 6.45. The first-order valence-electron chi connectivity index (χ1n) is 11.3. The summed E-state index contributed by atoms with van der Waals surface area (Å²) in [6.45, 7) is 8.84. The molecule has 0 amide bonds. The number of hydrogen-bond acceptors (Lipinski definition) is 5. The molecular formula is C23H34N4O2S. The summed E-state index contributed by atoms with van der Waals surface area (Å²) in [5.41, 5.74) is 2.09. The Morgan fingerprint density at radius 1 is 1.00 bits per heavy atom. The van der Waals surface area contributed by atoms with Gasteiger partial charge in [0.15, 0.2) is 0 Å². The lowest BCUT2D eigenvalue weighted by Crippen LogP contribution is -2.40. The van der Waals surface area contributed by atoms with Gasteiger partial charge in [-0.25, -0.2) is 13.4 Å². The molecule has 2 aliphatic rings. The fourth-order valence-electron chi connectivity index (χ4n) is 4.83. The van der Waals surface area contributed by atoms with Crippen molar-refractivity contribution >= 4 is 9.84 Å². The highest BCUT2D eigenvalue weighted by atomic mass is 32.2. The molecule has 0 unspecified atom stereocenters. The number of aromatic nitrogens is 2. The summed E-state index contributed by atoms with van der Waals surface area (Å²) in [4.78, 5) is 9.46. The molecule has 4 rings (SSSR count). The normalized spacial score (nSPS) is 21.3. The van der Waals surface area contributed by atoms with Crippen LogP contribution in [0.4, 0.5) is 0 Å². The summed E-state index contributed by atoms with van der Waals surface area (Å²) in [5.74, 6) is 0.779. The standard InChI is InChI=1S/C23H34N4O2S/c1-2-30(28,29)23-24-15-22(27(23)18-20-9-4-3-5-10-20)19-26-14-8-11-21(17-26)16-25-12-6-7-13-25/h3-5,9-10,15,21H,2,6-8,11-14,16-19H2,1H3/t21-/m1/s1. The Labute approximate surface area is 180 Å². The van der Waals surface area contributed by atoms with Crippen LogP contribution in [0.3, 0.4) is 0 Å². The maximum atomic E-state index is 12.7. The zero-order chi connectivity index (χ0) is 21.0. The van der Waals surface area contributed by atoms with Crippen LogP contribution in [-0.4, -0.2) is 66.2 Å². The molecule has 0 spiro atoms. The molecule has 0 saturated carbocycles. The molecule has 0 bridgehead atoms. The first-order chi connectivity index (χ1) is 14.5. The zero-order valence-corrected chi connectivity index (χ0v) is 18.9. The number of hydrogen-bond donors (Lipinski definition) is 0. The molecule has 7 heteroatoms. The van der Waals surface area contributed by atoms with Gasteiger partial charge in [0, 0.05) is 19.6 Å². The molecular weight excluding hydrogens is 396 g/mol. The highest BCUT2D eigenvalue weighted by molar-refractivity contribution is 7.91. The van der Waals surface area contributed by atoms with Gasteiger partial charge < -0.3 is 9.47 Å². The average molecular weight is 431 g/mol. The van der Waals surface area contributed by atoms with Crippen LogP contribution in [0.15, 0.2) is 41.7 Å². The van der Waals surface area contributed by atoms with Gasteiger partial charge in [-0.15, -0.1) is 0 Å². The first-order valence-corrected chi connectivity index (χ1v) is 13.0. The Hall–Kier alpha value is -1.70. The molecule has 3 heterocycles. The van der Waals surface area contributed by atoms with Gasteiger partial charge in [0.25, 0.3) is 0 Å². The molecule has 0 radical (unpaired) electrons. The van der Waals surface area contributed by atoms with Crippen LogP contribution in [0.5, 0.6) is 0 Å². The molecule has 0 N–H and O–H groups in total. The van der Waals surface area contributed by atoms with Gasteiger partial charge >= 0.3 is 0 Å². The molecule has 0 aliphatic carbocycles. The molecule has 1 atom stereocenters. The smallest absolute Gasteiger partial charge is 0.228 e. The molecule has 2 saturated heterocycles. The molecule has 1 aromatic heterocycles. The summed E-state index contributed by atoms with van der Waals surface area (Å²) >= 11 is 0. The Kier molecular flexibility index (Phi) is 6.91. The van der Waals surface area contributed by atoms with Crippen molar-refractivity contribution in [2.24, 2.45) is 5.92 Å². The van der Waals surface area contributed by atoms with E-state index in [1.807, 2.05) is 34.9 Å². The van der Waals surface area contributed by atoms with Crippen LogP contribution in [0.1, 0.15) is 43.9 Å². The lowest BCUT2D eigenvalue weighted by atomic mass is 9.97. The van der Waals surface area contributed by atoms with Crippen LogP contribution in [0.2, 0.25) is 0 Å². The summed E-state index contributed by atoms with van der Waals surface area (Å²) in [6.07, 6.45) is 6.96. The number of sulfone groups is 1. The van der Waals surface area contributed by atoms with Crippen molar-refractivity contribution in [1.29, 1.82) is 0 Å². The van der Waals surface area contributed by atoms with Crippen LogP contribution in [-0.2, 0) is 22.9 Å². The molecule has 2 fully saturated rings.